The summed E-state index contributed by atoms with van der Waals surface area (Å²) in [5, 5.41) is 6.38. The summed E-state index contributed by atoms with van der Waals surface area (Å²) in [6.45, 7) is 2.48. The van der Waals surface area contributed by atoms with Gasteiger partial charge in [0, 0.05) is 25.7 Å². The number of piperidine rings is 1. The van der Waals surface area contributed by atoms with Gasteiger partial charge in [-0.25, -0.2) is 0 Å². The third-order valence-electron chi connectivity index (χ3n) is 4.10. The van der Waals surface area contributed by atoms with Crippen molar-refractivity contribution in [2.75, 3.05) is 40.3 Å². The Morgan fingerprint density at radius 2 is 1.90 bits per heavy atom. The number of hydrogen-bond acceptors (Lipinski definition) is 4. The molecular formula is C15H28N4O2. The number of carbonyl (C=O) groups excluding carboxylic acids is 2. The first kappa shape index (κ1) is 16.2. The van der Waals surface area contributed by atoms with E-state index >= 15 is 0 Å². The third-order valence-corrected chi connectivity index (χ3v) is 4.10. The van der Waals surface area contributed by atoms with E-state index in [2.05, 4.69) is 10.6 Å². The Hall–Kier alpha value is -1.14. The minimum absolute atomic E-state index is 0.000689. The molecule has 0 bridgehead atoms. The molecule has 2 fully saturated rings. The molecule has 21 heavy (non-hydrogen) atoms. The first-order chi connectivity index (χ1) is 10.0. The molecular weight excluding hydrogens is 268 g/mol. The van der Waals surface area contributed by atoms with Gasteiger partial charge in [0.15, 0.2) is 0 Å². The lowest BCUT2D eigenvalue weighted by Crippen LogP contribution is -2.47. The number of likely N-dealkylation sites (N-methyl/N-ethyl adjacent to an activating group) is 2. The van der Waals surface area contributed by atoms with Gasteiger partial charge in [-0.2, -0.15) is 0 Å². The predicted octanol–water partition coefficient (Wildman–Crippen LogP) is -0.203. The van der Waals surface area contributed by atoms with E-state index in [9.17, 15) is 9.59 Å². The zero-order chi connectivity index (χ0) is 15.2. The predicted molar refractivity (Wildman–Crippen MR) is 81.9 cm³/mol. The maximum atomic E-state index is 12.1. The first-order valence-corrected chi connectivity index (χ1v) is 8.00. The van der Waals surface area contributed by atoms with Gasteiger partial charge in [-0.15, -0.1) is 0 Å². The van der Waals surface area contributed by atoms with Crippen LogP contribution in [0.1, 0.15) is 32.1 Å². The van der Waals surface area contributed by atoms with Crippen molar-refractivity contribution < 1.29 is 9.59 Å². The fourth-order valence-electron chi connectivity index (χ4n) is 2.68. The van der Waals surface area contributed by atoms with Crippen molar-refractivity contribution in [2.45, 2.75) is 44.2 Å². The van der Waals surface area contributed by atoms with Crippen LogP contribution in [0.5, 0.6) is 0 Å². The van der Waals surface area contributed by atoms with E-state index in [1.54, 1.807) is 7.05 Å². The highest BCUT2D eigenvalue weighted by molar-refractivity contribution is 5.85. The van der Waals surface area contributed by atoms with Crippen LogP contribution in [-0.4, -0.2) is 74.0 Å². The van der Waals surface area contributed by atoms with Gasteiger partial charge < -0.3 is 15.5 Å². The summed E-state index contributed by atoms with van der Waals surface area (Å²) in [6, 6.07) is 0.834. The Balaban J connectivity index is 1.65. The van der Waals surface area contributed by atoms with E-state index in [1.807, 2.05) is 11.9 Å². The smallest absolute Gasteiger partial charge is 0.239 e. The molecule has 1 atom stereocenters. The second-order valence-electron chi connectivity index (χ2n) is 6.44. The summed E-state index contributed by atoms with van der Waals surface area (Å²) in [5.41, 5.74) is 0. The Morgan fingerprint density at radius 1 is 1.14 bits per heavy atom. The normalized spacial score (nSPS) is 22.1. The Kier molecular flexibility index (Phi) is 5.99. The lowest BCUT2D eigenvalue weighted by atomic mass is 10.0. The highest BCUT2D eigenvalue weighted by Crippen LogP contribution is 2.18. The zero-order valence-electron chi connectivity index (χ0n) is 13.2. The standard InChI is InChI=1S/C15H28N4O2/c1-18(9-13-5-3-4-8-16-13)11-15(21)19(2)10-14(20)17-12-6-7-12/h12-13,16H,3-11H2,1-2H3,(H,17,20). The number of nitrogens with zero attached hydrogens (tertiary/aromatic N) is 2. The molecule has 0 spiro atoms. The summed E-state index contributed by atoms with van der Waals surface area (Å²) in [5.74, 6) is -0.0517. The van der Waals surface area contributed by atoms with Crippen LogP contribution in [0, 0.1) is 0 Å². The maximum Gasteiger partial charge on any atom is 0.239 e. The molecule has 2 N–H and O–H groups in total. The molecule has 2 aliphatic rings. The third kappa shape index (κ3) is 6.01. The van der Waals surface area contributed by atoms with Crippen LogP contribution >= 0.6 is 0 Å². The fourth-order valence-corrected chi connectivity index (χ4v) is 2.68. The van der Waals surface area contributed by atoms with Crippen LogP contribution in [-0.2, 0) is 9.59 Å². The molecule has 0 radical (unpaired) electrons. The zero-order valence-corrected chi connectivity index (χ0v) is 13.2. The van der Waals surface area contributed by atoms with Gasteiger partial charge in [-0.05, 0) is 39.3 Å². The van der Waals surface area contributed by atoms with Crippen LogP contribution < -0.4 is 10.6 Å². The summed E-state index contributed by atoms with van der Waals surface area (Å²) >= 11 is 0. The molecule has 1 heterocycles. The average molecular weight is 296 g/mol. The largest absolute Gasteiger partial charge is 0.352 e. The monoisotopic (exact) mass is 296 g/mol. The second kappa shape index (κ2) is 7.75. The highest BCUT2D eigenvalue weighted by Gasteiger charge is 2.24. The Bertz CT molecular complexity index is 365. The quantitative estimate of drug-likeness (QED) is 0.683. The van der Waals surface area contributed by atoms with Gasteiger partial charge >= 0.3 is 0 Å². The number of hydrogen-bond donors (Lipinski definition) is 2. The van der Waals surface area contributed by atoms with Crippen LogP contribution in [0.4, 0.5) is 0 Å². The van der Waals surface area contributed by atoms with Gasteiger partial charge in [-0.1, -0.05) is 6.42 Å². The van der Waals surface area contributed by atoms with Crippen molar-refractivity contribution in [3.63, 3.8) is 0 Å². The minimum Gasteiger partial charge on any atom is -0.352 e. The van der Waals surface area contributed by atoms with Gasteiger partial charge in [-0.3, -0.25) is 14.5 Å². The number of amides is 2. The van der Waals surface area contributed by atoms with E-state index in [0.29, 0.717) is 18.6 Å². The maximum absolute atomic E-state index is 12.1. The van der Waals surface area contributed by atoms with Crippen molar-refractivity contribution in [2.24, 2.45) is 0 Å². The van der Waals surface area contributed by atoms with Gasteiger partial charge in [0.05, 0.1) is 13.1 Å². The minimum atomic E-state index is -0.0510. The highest BCUT2D eigenvalue weighted by atomic mass is 16.2. The molecule has 1 aliphatic carbocycles. The molecule has 0 aromatic heterocycles. The molecule has 1 saturated heterocycles. The number of nitrogens with one attached hydrogen (secondary N) is 2. The molecule has 0 aromatic carbocycles. The van der Waals surface area contributed by atoms with Crippen molar-refractivity contribution in [1.82, 2.24) is 20.4 Å². The lowest BCUT2D eigenvalue weighted by Gasteiger charge is -2.28. The van der Waals surface area contributed by atoms with E-state index in [-0.39, 0.29) is 18.4 Å². The summed E-state index contributed by atoms with van der Waals surface area (Å²) < 4.78 is 0. The van der Waals surface area contributed by atoms with Crippen molar-refractivity contribution in [3.8, 4) is 0 Å². The summed E-state index contributed by atoms with van der Waals surface area (Å²) in [7, 11) is 3.66. The molecule has 2 rings (SSSR count). The van der Waals surface area contributed by atoms with Gasteiger partial charge in [0.25, 0.3) is 0 Å². The fraction of sp³-hybridized carbons (Fsp3) is 0.867. The van der Waals surface area contributed by atoms with Gasteiger partial charge in [0.1, 0.15) is 0 Å². The topological polar surface area (TPSA) is 64.7 Å². The second-order valence-corrected chi connectivity index (χ2v) is 6.44. The first-order valence-electron chi connectivity index (χ1n) is 8.00. The van der Waals surface area contributed by atoms with E-state index in [0.717, 1.165) is 25.9 Å². The van der Waals surface area contributed by atoms with E-state index < -0.39 is 0 Å². The van der Waals surface area contributed by atoms with Crippen molar-refractivity contribution >= 4 is 11.8 Å². The lowest BCUT2D eigenvalue weighted by molar-refractivity contribution is -0.135. The molecule has 6 nitrogen and oxygen atoms in total. The molecule has 1 aliphatic heterocycles. The summed E-state index contributed by atoms with van der Waals surface area (Å²) in [4.78, 5) is 27.4. The summed E-state index contributed by atoms with van der Waals surface area (Å²) in [6.07, 6.45) is 5.83. The van der Waals surface area contributed by atoms with Crippen molar-refractivity contribution in [3.05, 3.63) is 0 Å². The molecule has 6 heteroatoms. The van der Waals surface area contributed by atoms with Crippen LogP contribution in [0.3, 0.4) is 0 Å². The van der Waals surface area contributed by atoms with E-state index in [1.165, 1.54) is 24.2 Å². The SMILES string of the molecule is CN(CC(=O)N(C)CC(=O)NC1CC1)CC1CCCCN1. The Labute approximate surface area is 127 Å². The average Bonchev–Trinajstić information content (AvgIpc) is 3.23. The molecule has 120 valence electrons. The Morgan fingerprint density at radius 3 is 2.52 bits per heavy atom. The molecule has 1 unspecified atom stereocenters. The van der Waals surface area contributed by atoms with Crippen LogP contribution in [0.25, 0.3) is 0 Å². The van der Waals surface area contributed by atoms with Crippen molar-refractivity contribution in [1.29, 1.82) is 0 Å². The molecule has 1 saturated carbocycles. The molecule has 2 amide bonds. The van der Waals surface area contributed by atoms with Gasteiger partial charge in [0.2, 0.25) is 11.8 Å². The molecule has 0 aromatic rings. The van der Waals surface area contributed by atoms with E-state index in [4.69, 9.17) is 0 Å². The van der Waals surface area contributed by atoms with Crippen LogP contribution in [0.15, 0.2) is 0 Å². The number of carbonyl (C=O) groups is 2. The number of rotatable bonds is 7. The van der Waals surface area contributed by atoms with Crippen LogP contribution in [0.2, 0.25) is 0 Å².